The third kappa shape index (κ3) is 2.90. The molecule has 0 aliphatic carbocycles. The summed E-state index contributed by atoms with van der Waals surface area (Å²) < 4.78 is 14.2. The molecule has 0 radical (unpaired) electrons. The molecule has 2 aromatic heterocycles. The Balaban J connectivity index is 2.32. The highest BCUT2D eigenvalue weighted by molar-refractivity contribution is 7.87. The van der Waals surface area contributed by atoms with Crippen LogP contribution in [0.1, 0.15) is 5.56 Å². The van der Waals surface area contributed by atoms with E-state index in [2.05, 4.69) is 9.97 Å². The van der Waals surface area contributed by atoms with Crippen LogP contribution < -0.4 is 10.9 Å². The molecule has 24 heavy (non-hydrogen) atoms. The number of benzene rings is 1. The number of rotatable bonds is 4. The van der Waals surface area contributed by atoms with Crippen LogP contribution in [0, 0.1) is 11.3 Å². The van der Waals surface area contributed by atoms with Gasteiger partial charge in [0.05, 0.1) is 6.07 Å². The van der Waals surface area contributed by atoms with E-state index < -0.39 is 7.14 Å². The fraction of sp³-hybridized carbons (Fsp3) is 0. The van der Waals surface area contributed by atoms with Gasteiger partial charge < -0.3 is 4.57 Å². The standard InChI is InChI=1S/C19H14N3OP/c20-13-12-17(16-8-2-1-3-9-16)24(23,18-10-4-6-14-21-18)19-11-5-7-15-22-19/h1-12,14-15H/b17-12-. The first-order valence-electron chi connectivity index (χ1n) is 7.36. The Morgan fingerprint density at radius 3 is 1.88 bits per heavy atom. The third-order valence-corrected chi connectivity index (χ3v) is 6.44. The first-order valence-corrected chi connectivity index (χ1v) is 9.06. The molecular weight excluding hydrogens is 317 g/mol. The van der Waals surface area contributed by atoms with E-state index in [9.17, 15) is 9.83 Å². The molecule has 116 valence electrons. The number of nitriles is 1. The summed E-state index contributed by atoms with van der Waals surface area (Å²) in [5.41, 5.74) is 1.54. The zero-order chi connectivity index (χ0) is 16.8. The van der Waals surface area contributed by atoms with E-state index in [0.717, 1.165) is 5.56 Å². The Bertz CT molecular complexity index is 889. The lowest BCUT2D eigenvalue weighted by molar-refractivity contribution is 0.592. The predicted molar refractivity (Wildman–Crippen MR) is 95.4 cm³/mol. The Kier molecular flexibility index (Phi) is 4.65. The molecule has 0 aliphatic rings. The van der Waals surface area contributed by atoms with Crippen LogP contribution in [0.25, 0.3) is 5.31 Å². The van der Waals surface area contributed by atoms with Gasteiger partial charge in [-0.05, 0) is 29.8 Å². The minimum absolute atomic E-state index is 0.411. The quantitative estimate of drug-likeness (QED) is 0.543. The van der Waals surface area contributed by atoms with Gasteiger partial charge in [0, 0.05) is 23.8 Å². The first-order chi connectivity index (χ1) is 11.8. The van der Waals surface area contributed by atoms with Gasteiger partial charge in [-0.15, -0.1) is 0 Å². The summed E-state index contributed by atoms with van der Waals surface area (Å²) in [7, 11) is -3.36. The van der Waals surface area contributed by atoms with Crippen LogP contribution >= 0.6 is 7.14 Å². The van der Waals surface area contributed by atoms with Crippen LogP contribution in [0.2, 0.25) is 0 Å². The second-order valence-electron chi connectivity index (χ2n) is 5.01. The Morgan fingerprint density at radius 1 is 0.875 bits per heavy atom. The lowest BCUT2D eigenvalue weighted by Crippen LogP contribution is -2.21. The van der Waals surface area contributed by atoms with Crippen LogP contribution in [0.15, 0.2) is 85.2 Å². The summed E-state index contributed by atoms with van der Waals surface area (Å²) in [6, 6.07) is 21.8. The summed E-state index contributed by atoms with van der Waals surface area (Å²) in [6.07, 6.45) is 4.53. The van der Waals surface area contributed by atoms with Crippen molar-refractivity contribution in [2.24, 2.45) is 0 Å². The minimum Gasteiger partial charge on any atom is -0.305 e. The van der Waals surface area contributed by atoms with Gasteiger partial charge in [-0.3, -0.25) is 9.97 Å². The van der Waals surface area contributed by atoms with Crippen LogP contribution in [-0.2, 0) is 4.57 Å². The fourth-order valence-electron chi connectivity index (χ4n) is 2.47. The molecule has 0 saturated carbocycles. The van der Waals surface area contributed by atoms with E-state index in [1.54, 1.807) is 48.8 Å². The van der Waals surface area contributed by atoms with E-state index in [1.165, 1.54) is 6.08 Å². The van der Waals surface area contributed by atoms with Gasteiger partial charge in [-0.1, -0.05) is 42.5 Å². The molecule has 1 aromatic carbocycles. The maximum absolute atomic E-state index is 14.2. The van der Waals surface area contributed by atoms with E-state index in [1.807, 2.05) is 36.4 Å². The summed E-state index contributed by atoms with van der Waals surface area (Å²) in [4.78, 5) is 8.61. The summed E-state index contributed by atoms with van der Waals surface area (Å²) in [5, 5.41) is 9.70. The summed E-state index contributed by atoms with van der Waals surface area (Å²) in [5.74, 6) is 0. The molecule has 0 aliphatic heterocycles. The van der Waals surface area contributed by atoms with E-state index in [-0.39, 0.29) is 0 Å². The number of pyridine rings is 2. The summed E-state index contributed by atoms with van der Waals surface area (Å²) >= 11 is 0. The monoisotopic (exact) mass is 331 g/mol. The highest BCUT2D eigenvalue weighted by atomic mass is 31.2. The minimum atomic E-state index is -3.36. The number of nitrogens with zero attached hydrogens (tertiary/aromatic N) is 3. The van der Waals surface area contributed by atoms with Gasteiger partial charge in [0.15, 0.2) is 0 Å². The molecule has 3 rings (SSSR count). The van der Waals surface area contributed by atoms with Gasteiger partial charge in [-0.25, -0.2) is 0 Å². The average molecular weight is 331 g/mol. The normalized spacial score (nSPS) is 11.7. The lowest BCUT2D eigenvalue weighted by atomic mass is 10.2. The third-order valence-electron chi connectivity index (χ3n) is 3.55. The smallest absolute Gasteiger partial charge is 0.207 e. The maximum Gasteiger partial charge on any atom is 0.207 e. The van der Waals surface area contributed by atoms with Gasteiger partial charge >= 0.3 is 0 Å². The van der Waals surface area contributed by atoms with Gasteiger partial charge in [0.2, 0.25) is 7.14 Å². The molecule has 0 spiro atoms. The molecule has 0 N–H and O–H groups in total. The Hall–Kier alpha value is -3.02. The van der Waals surface area contributed by atoms with Crippen LogP contribution in [-0.4, -0.2) is 9.97 Å². The molecule has 2 heterocycles. The fourth-order valence-corrected chi connectivity index (χ4v) is 5.00. The molecule has 0 saturated heterocycles. The highest BCUT2D eigenvalue weighted by Gasteiger charge is 2.35. The molecule has 0 atom stereocenters. The van der Waals surface area contributed by atoms with Crippen molar-refractivity contribution in [1.82, 2.24) is 9.97 Å². The molecule has 0 bridgehead atoms. The van der Waals surface area contributed by atoms with Crippen molar-refractivity contribution in [3.8, 4) is 6.07 Å². The number of hydrogen-bond donors (Lipinski definition) is 0. The molecule has 0 amide bonds. The van der Waals surface area contributed by atoms with Crippen molar-refractivity contribution in [3.05, 3.63) is 90.8 Å². The molecule has 0 unspecified atom stereocenters. The van der Waals surface area contributed by atoms with Crippen LogP contribution in [0.4, 0.5) is 0 Å². The van der Waals surface area contributed by atoms with Crippen LogP contribution in [0.3, 0.4) is 0 Å². The molecule has 4 nitrogen and oxygen atoms in total. The largest absolute Gasteiger partial charge is 0.305 e. The Morgan fingerprint density at radius 2 is 1.42 bits per heavy atom. The molecule has 3 aromatic rings. The predicted octanol–water partition coefficient (Wildman–Crippen LogP) is 3.36. The zero-order valence-electron chi connectivity index (χ0n) is 12.8. The van der Waals surface area contributed by atoms with E-state index in [4.69, 9.17) is 0 Å². The average Bonchev–Trinajstić information content (AvgIpc) is 2.67. The topological polar surface area (TPSA) is 66.6 Å². The van der Waals surface area contributed by atoms with Gasteiger partial charge in [0.25, 0.3) is 0 Å². The highest BCUT2D eigenvalue weighted by Crippen LogP contribution is 2.55. The van der Waals surface area contributed by atoms with E-state index in [0.29, 0.717) is 16.2 Å². The molecule has 0 fully saturated rings. The summed E-state index contributed by atoms with van der Waals surface area (Å²) in [6.45, 7) is 0. The lowest BCUT2D eigenvalue weighted by Gasteiger charge is -2.20. The number of hydrogen-bond acceptors (Lipinski definition) is 4. The van der Waals surface area contributed by atoms with E-state index >= 15 is 0 Å². The second kappa shape index (κ2) is 7.04. The molecular formula is C19H14N3OP. The van der Waals surface area contributed by atoms with Crippen LogP contribution in [0.5, 0.6) is 0 Å². The van der Waals surface area contributed by atoms with Crippen molar-refractivity contribution in [3.63, 3.8) is 0 Å². The SMILES string of the molecule is N#C/C=C(/c1ccccc1)P(=O)(c1ccccn1)c1ccccn1. The van der Waals surface area contributed by atoms with Crippen molar-refractivity contribution >= 4 is 23.3 Å². The maximum atomic E-state index is 14.2. The molecule has 5 heteroatoms. The Labute approximate surface area is 140 Å². The first kappa shape index (κ1) is 15.9. The van der Waals surface area contributed by atoms with Gasteiger partial charge in [-0.2, -0.15) is 5.26 Å². The number of allylic oxidation sites excluding steroid dienone is 1. The van der Waals surface area contributed by atoms with Gasteiger partial charge in [0.1, 0.15) is 10.9 Å². The van der Waals surface area contributed by atoms with Crippen molar-refractivity contribution < 1.29 is 4.57 Å². The number of aromatic nitrogens is 2. The zero-order valence-corrected chi connectivity index (χ0v) is 13.7. The van der Waals surface area contributed by atoms with Crippen molar-refractivity contribution in [2.45, 2.75) is 0 Å². The van der Waals surface area contributed by atoms with Crippen molar-refractivity contribution in [2.75, 3.05) is 0 Å². The van der Waals surface area contributed by atoms with Crippen molar-refractivity contribution in [1.29, 1.82) is 5.26 Å². The second-order valence-corrected chi connectivity index (χ2v) is 7.63.